The van der Waals surface area contributed by atoms with Crippen LogP contribution in [0.15, 0.2) is 18.2 Å². The number of urea groups is 1. The predicted octanol–water partition coefficient (Wildman–Crippen LogP) is 0.719. The van der Waals surface area contributed by atoms with Crippen molar-refractivity contribution >= 4 is 17.7 Å². The first-order chi connectivity index (χ1) is 9.41. The van der Waals surface area contributed by atoms with Gasteiger partial charge in [0.2, 0.25) is 0 Å². The van der Waals surface area contributed by atoms with E-state index in [1.54, 1.807) is 13.0 Å². The number of carboxylic acid groups (broad SMARTS) is 1. The number of benzene rings is 1. The molecule has 0 aliphatic heterocycles. The molecule has 1 rings (SSSR count). The Morgan fingerprint density at radius 1 is 1.45 bits per heavy atom. The summed E-state index contributed by atoms with van der Waals surface area (Å²) in [6, 6.07) is 3.79. The van der Waals surface area contributed by atoms with Crippen LogP contribution < -0.4 is 10.8 Å². The number of nitrogens with zero attached hydrogens (tertiary/aromatic N) is 1. The van der Waals surface area contributed by atoms with Gasteiger partial charge < -0.3 is 10.4 Å². The predicted molar refractivity (Wildman–Crippen MR) is 66.8 cm³/mol. The van der Waals surface area contributed by atoms with Crippen molar-refractivity contribution in [3.63, 3.8) is 0 Å². The summed E-state index contributed by atoms with van der Waals surface area (Å²) in [4.78, 5) is 36.0. The van der Waals surface area contributed by atoms with Gasteiger partial charge in [-0.25, -0.2) is 15.1 Å². The van der Waals surface area contributed by atoms with E-state index in [2.05, 4.69) is 10.2 Å². The van der Waals surface area contributed by atoms with Crippen molar-refractivity contribution in [2.45, 2.75) is 13.5 Å². The first-order valence-electron chi connectivity index (χ1n) is 5.52. The average molecular weight is 283 g/mol. The topological polar surface area (TPSA) is 131 Å². The minimum Gasteiger partial charge on any atom is -0.479 e. The number of hydrogen-bond donors (Lipinski definition) is 3. The van der Waals surface area contributed by atoms with Crippen LogP contribution in [0.25, 0.3) is 0 Å². The summed E-state index contributed by atoms with van der Waals surface area (Å²) >= 11 is 0. The van der Waals surface area contributed by atoms with E-state index in [0.29, 0.717) is 11.1 Å². The third-order valence-corrected chi connectivity index (χ3v) is 2.41. The molecule has 0 aliphatic rings. The summed E-state index contributed by atoms with van der Waals surface area (Å²) in [7, 11) is 0. The summed E-state index contributed by atoms with van der Waals surface area (Å²) in [5, 5.41) is 21.4. The molecule has 0 aliphatic carbocycles. The van der Waals surface area contributed by atoms with E-state index in [0.717, 1.165) is 0 Å². The van der Waals surface area contributed by atoms with Gasteiger partial charge in [0.1, 0.15) is 0 Å². The molecule has 9 nitrogen and oxygen atoms in total. The molecule has 0 unspecified atom stereocenters. The van der Waals surface area contributed by atoms with Gasteiger partial charge in [0.05, 0.1) is 4.92 Å². The summed E-state index contributed by atoms with van der Waals surface area (Å²) in [5.41, 5.74) is 2.87. The lowest BCUT2D eigenvalue weighted by Gasteiger charge is -2.09. The van der Waals surface area contributed by atoms with Gasteiger partial charge in [0, 0.05) is 18.2 Å². The molecule has 0 heterocycles. The van der Waals surface area contributed by atoms with Crippen molar-refractivity contribution in [3.05, 3.63) is 39.4 Å². The number of amides is 2. The molecule has 20 heavy (non-hydrogen) atoms. The lowest BCUT2D eigenvalue weighted by Crippen LogP contribution is -2.36. The summed E-state index contributed by atoms with van der Waals surface area (Å²) in [6.45, 7) is 0.965. The molecular weight excluding hydrogens is 270 g/mol. The Bertz CT molecular complexity index is 531. The molecule has 0 aromatic heterocycles. The minimum absolute atomic E-state index is 0.0353. The first kappa shape index (κ1) is 15.4. The average Bonchev–Trinajstić information content (AvgIpc) is 2.36. The summed E-state index contributed by atoms with van der Waals surface area (Å²) < 4.78 is 0. The second-order valence-electron chi connectivity index (χ2n) is 3.79. The number of hydroxylamine groups is 1. The Hall–Kier alpha value is -2.68. The lowest BCUT2D eigenvalue weighted by atomic mass is 10.1. The van der Waals surface area contributed by atoms with Gasteiger partial charge in [-0.05, 0) is 12.5 Å². The first-order valence-corrected chi connectivity index (χ1v) is 5.52. The molecule has 0 saturated carbocycles. The van der Waals surface area contributed by atoms with Gasteiger partial charge in [0.15, 0.2) is 6.61 Å². The number of nitro benzene ring substituents is 1. The van der Waals surface area contributed by atoms with Gasteiger partial charge in [-0.15, -0.1) is 0 Å². The van der Waals surface area contributed by atoms with Crippen LogP contribution in [0.3, 0.4) is 0 Å². The number of hydrogen-bond acceptors (Lipinski definition) is 5. The van der Waals surface area contributed by atoms with E-state index in [-0.39, 0.29) is 12.2 Å². The van der Waals surface area contributed by atoms with Gasteiger partial charge in [-0.2, -0.15) is 0 Å². The van der Waals surface area contributed by atoms with Crippen LogP contribution in [0.2, 0.25) is 0 Å². The van der Waals surface area contributed by atoms with E-state index >= 15 is 0 Å². The van der Waals surface area contributed by atoms with Crippen LogP contribution in [-0.2, 0) is 16.2 Å². The zero-order valence-electron chi connectivity index (χ0n) is 10.6. The minimum atomic E-state index is -1.22. The molecule has 2 amide bonds. The molecule has 1 aromatic carbocycles. The molecule has 0 saturated heterocycles. The maximum absolute atomic E-state index is 11.3. The molecule has 0 radical (unpaired) electrons. The fourth-order valence-electron chi connectivity index (χ4n) is 1.43. The third-order valence-electron chi connectivity index (χ3n) is 2.41. The molecule has 9 heteroatoms. The maximum atomic E-state index is 11.3. The molecule has 0 fully saturated rings. The Labute approximate surface area is 113 Å². The second kappa shape index (κ2) is 7.04. The smallest absolute Gasteiger partial charge is 0.338 e. The highest BCUT2D eigenvalue weighted by molar-refractivity contribution is 5.73. The Kier molecular flexibility index (Phi) is 5.42. The highest BCUT2D eigenvalue weighted by Crippen LogP contribution is 2.20. The second-order valence-corrected chi connectivity index (χ2v) is 3.79. The van der Waals surface area contributed by atoms with Gasteiger partial charge in [-0.1, -0.05) is 12.1 Å². The zero-order valence-corrected chi connectivity index (χ0v) is 10.6. The molecule has 3 N–H and O–H groups in total. The lowest BCUT2D eigenvalue weighted by molar-refractivity contribution is -0.385. The van der Waals surface area contributed by atoms with Crippen LogP contribution in [0.1, 0.15) is 11.1 Å². The van der Waals surface area contributed by atoms with Crippen LogP contribution >= 0.6 is 0 Å². The van der Waals surface area contributed by atoms with Crippen molar-refractivity contribution in [1.29, 1.82) is 0 Å². The number of nitrogens with one attached hydrogen (secondary N) is 2. The van der Waals surface area contributed by atoms with Crippen molar-refractivity contribution in [1.82, 2.24) is 10.8 Å². The number of carbonyl (C=O) groups excluding carboxylic acids is 1. The Morgan fingerprint density at radius 2 is 2.15 bits per heavy atom. The highest BCUT2D eigenvalue weighted by atomic mass is 16.7. The molecule has 0 atom stereocenters. The molecule has 0 spiro atoms. The van der Waals surface area contributed by atoms with Gasteiger partial charge >= 0.3 is 12.0 Å². The number of carbonyl (C=O) groups is 2. The highest BCUT2D eigenvalue weighted by Gasteiger charge is 2.13. The van der Waals surface area contributed by atoms with Crippen molar-refractivity contribution in [3.8, 4) is 0 Å². The third kappa shape index (κ3) is 4.53. The Balaban J connectivity index is 2.53. The van der Waals surface area contributed by atoms with Crippen molar-refractivity contribution in [2.24, 2.45) is 0 Å². The van der Waals surface area contributed by atoms with Crippen molar-refractivity contribution < 1.29 is 24.5 Å². The molecule has 1 aromatic rings. The van der Waals surface area contributed by atoms with E-state index in [1.165, 1.54) is 12.1 Å². The van der Waals surface area contributed by atoms with Crippen molar-refractivity contribution in [2.75, 3.05) is 6.61 Å². The molecule has 0 bridgehead atoms. The normalized spacial score (nSPS) is 9.85. The monoisotopic (exact) mass is 283 g/mol. The van der Waals surface area contributed by atoms with Crippen LogP contribution in [-0.4, -0.2) is 28.6 Å². The maximum Gasteiger partial charge on any atom is 0.338 e. The molecular formula is C11H13N3O6. The van der Waals surface area contributed by atoms with Crippen LogP contribution in [0.4, 0.5) is 10.5 Å². The number of carboxylic acids is 1. The van der Waals surface area contributed by atoms with Crippen LogP contribution in [0, 0.1) is 17.0 Å². The van der Waals surface area contributed by atoms with E-state index in [9.17, 15) is 19.7 Å². The number of nitro groups is 1. The standard InChI is InChI=1S/C11H13N3O6/c1-7-8(3-2-4-9(7)14(18)19)5-12-11(17)13-20-6-10(15)16/h2-4H,5-6H2,1H3,(H,15,16)(H2,12,13,17). The van der Waals surface area contributed by atoms with E-state index < -0.39 is 23.5 Å². The Morgan fingerprint density at radius 3 is 2.75 bits per heavy atom. The largest absolute Gasteiger partial charge is 0.479 e. The van der Waals surface area contributed by atoms with Gasteiger partial charge in [-0.3, -0.25) is 15.0 Å². The SMILES string of the molecule is Cc1c(CNC(=O)NOCC(=O)O)cccc1[N+](=O)[O-]. The van der Waals surface area contributed by atoms with Gasteiger partial charge in [0.25, 0.3) is 5.69 Å². The summed E-state index contributed by atoms with van der Waals surface area (Å²) in [5.74, 6) is -1.22. The van der Waals surface area contributed by atoms with E-state index in [1.807, 2.05) is 5.48 Å². The summed E-state index contributed by atoms with van der Waals surface area (Å²) in [6.07, 6.45) is 0. The van der Waals surface area contributed by atoms with Crippen LogP contribution in [0.5, 0.6) is 0 Å². The van der Waals surface area contributed by atoms with E-state index in [4.69, 9.17) is 5.11 Å². The zero-order chi connectivity index (χ0) is 15.1. The molecule has 108 valence electrons. The fourth-order valence-corrected chi connectivity index (χ4v) is 1.43. The quantitative estimate of drug-likeness (QED) is 0.520. The number of rotatable bonds is 6. The fraction of sp³-hybridized carbons (Fsp3) is 0.273. The number of aliphatic carboxylic acids is 1.